The number of hydrogen-bond acceptors (Lipinski definition) is 6. The van der Waals surface area contributed by atoms with Gasteiger partial charge < -0.3 is 15.1 Å². The molecule has 148 valence electrons. The van der Waals surface area contributed by atoms with Gasteiger partial charge in [0.2, 0.25) is 5.95 Å². The van der Waals surface area contributed by atoms with E-state index in [1.165, 1.54) is 5.56 Å². The molecule has 29 heavy (non-hydrogen) atoms. The number of rotatable bonds is 6. The second-order valence-corrected chi connectivity index (χ2v) is 6.92. The Balaban J connectivity index is 1.27. The molecule has 1 saturated heterocycles. The van der Waals surface area contributed by atoms with E-state index < -0.39 is 0 Å². The fourth-order valence-electron chi connectivity index (χ4n) is 3.35. The summed E-state index contributed by atoms with van der Waals surface area (Å²) in [6, 6.07) is 15.9. The monoisotopic (exact) mass is 388 g/mol. The highest BCUT2D eigenvalue weighted by Crippen LogP contribution is 2.13. The first-order valence-electron chi connectivity index (χ1n) is 9.85. The number of carbonyl (C=O) groups excluding carboxylic acids is 1. The van der Waals surface area contributed by atoms with E-state index in [2.05, 4.69) is 37.3 Å². The van der Waals surface area contributed by atoms with E-state index >= 15 is 0 Å². The lowest BCUT2D eigenvalue weighted by molar-refractivity contribution is 0.0740. The normalized spacial score (nSPS) is 13.9. The Hall–Kier alpha value is -3.48. The lowest BCUT2D eigenvalue weighted by atomic mass is 10.1. The van der Waals surface area contributed by atoms with Crippen LogP contribution in [0.15, 0.2) is 67.1 Å². The number of amides is 1. The Bertz CT molecular complexity index is 909. The van der Waals surface area contributed by atoms with Gasteiger partial charge in [0.05, 0.1) is 11.9 Å². The molecule has 2 aromatic heterocycles. The first-order chi connectivity index (χ1) is 14.3. The van der Waals surface area contributed by atoms with E-state index in [9.17, 15) is 4.79 Å². The van der Waals surface area contributed by atoms with Crippen LogP contribution in [0.5, 0.6) is 0 Å². The molecule has 0 unspecified atom stereocenters. The van der Waals surface area contributed by atoms with Gasteiger partial charge in [0.1, 0.15) is 5.69 Å². The summed E-state index contributed by atoms with van der Waals surface area (Å²) in [6.45, 7) is 3.53. The van der Waals surface area contributed by atoms with Crippen molar-refractivity contribution >= 4 is 17.5 Å². The van der Waals surface area contributed by atoms with Gasteiger partial charge in [-0.3, -0.25) is 4.79 Å². The van der Waals surface area contributed by atoms with Crippen molar-refractivity contribution in [2.24, 2.45) is 0 Å². The quantitative estimate of drug-likeness (QED) is 0.699. The maximum Gasteiger partial charge on any atom is 0.272 e. The molecule has 1 aliphatic rings. The Morgan fingerprint density at radius 2 is 1.66 bits per heavy atom. The highest BCUT2D eigenvalue weighted by molar-refractivity contribution is 5.92. The van der Waals surface area contributed by atoms with Crippen LogP contribution in [-0.2, 0) is 6.42 Å². The van der Waals surface area contributed by atoms with Crippen molar-refractivity contribution in [1.29, 1.82) is 0 Å². The van der Waals surface area contributed by atoms with E-state index in [4.69, 9.17) is 0 Å². The third-order valence-corrected chi connectivity index (χ3v) is 4.97. The summed E-state index contributed by atoms with van der Waals surface area (Å²) in [6.07, 6.45) is 6.14. The Morgan fingerprint density at radius 3 is 2.34 bits per heavy atom. The van der Waals surface area contributed by atoms with Gasteiger partial charge in [0.25, 0.3) is 5.91 Å². The minimum atomic E-state index is -0.0329. The van der Waals surface area contributed by atoms with Crippen molar-refractivity contribution in [1.82, 2.24) is 19.9 Å². The van der Waals surface area contributed by atoms with Crippen LogP contribution in [-0.4, -0.2) is 58.5 Å². The van der Waals surface area contributed by atoms with Crippen LogP contribution in [0.3, 0.4) is 0 Å². The zero-order valence-electron chi connectivity index (χ0n) is 16.2. The molecule has 0 radical (unpaired) electrons. The molecule has 1 amide bonds. The first kappa shape index (κ1) is 18.9. The Labute approximate surface area is 170 Å². The number of piperazine rings is 1. The fourth-order valence-corrected chi connectivity index (χ4v) is 3.35. The van der Waals surface area contributed by atoms with E-state index in [1.54, 1.807) is 30.7 Å². The van der Waals surface area contributed by atoms with Crippen LogP contribution in [0.4, 0.5) is 11.6 Å². The van der Waals surface area contributed by atoms with Crippen LogP contribution in [0.2, 0.25) is 0 Å². The number of hydrogen-bond donors (Lipinski definition) is 1. The molecule has 1 fully saturated rings. The molecular weight excluding hydrogens is 364 g/mol. The van der Waals surface area contributed by atoms with E-state index in [0.29, 0.717) is 24.7 Å². The average molecular weight is 388 g/mol. The maximum absolute atomic E-state index is 12.7. The number of anilines is 2. The Morgan fingerprint density at radius 1 is 0.897 bits per heavy atom. The fraction of sp³-hybridized carbons (Fsp3) is 0.273. The molecule has 0 aliphatic carbocycles. The molecule has 0 bridgehead atoms. The van der Waals surface area contributed by atoms with Crippen molar-refractivity contribution in [3.63, 3.8) is 0 Å². The smallest absolute Gasteiger partial charge is 0.272 e. The topological polar surface area (TPSA) is 74.2 Å². The highest BCUT2D eigenvalue weighted by atomic mass is 16.2. The Kier molecular flexibility index (Phi) is 5.95. The molecule has 1 aromatic carbocycles. The summed E-state index contributed by atoms with van der Waals surface area (Å²) in [5.74, 6) is 0.679. The maximum atomic E-state index is 12.7. The van der Waals surface area contributed by atoms with E-state index in [0.717, 1.165) is 31.7 Å². The first-order valence-corrected chi connectivity index (χ1v) is 9.85. The molecule has 0 spiro atoms. The number of benzene rings is 1. The van der Waals surface area contributed by atoms with E-state index in [-0.39, 0.29) is 5.91 Å². The van der Waals surface area contributed by atoms with Crippen molar-refractivity contribution in [2.75, 3.05) is 42.9 Å². The van der Waals surface area contributed by atoms with Gasteiger partial charge in [-0.1, -0.05) is 30.3 Å². The minimum Gasteiger partial charge on any atom is -0.383 e. The predicted octanol–water partition coefficient (Wildman–Crippen LogP) is 2.49. The van der Waals surface area contributed by atoms with Crippen LogP contribution in [0.1, 0.15) is 16.1 Å². The van der Waals surface area contributed by atoms with Crippen LogP contribution in [0.25, 0.3) is 0 Å². The van der Waals surface area contributed by atoms with Crippen molar-refractivity contribution in [2.45, 2.75) is 6.42 Å². The summed E-state index contributed by atoms with van der Waals surface area (Å²) in [4.78, 5) is 29.6. The lowest BCUT2D eigenvalue weighted by Crippen LogP contribution is -2.49. The third-order valence-electron chi connectivity index (χ3n) is 4.97. The van der Waals surface area contributed by atoms with Crippen LogP contribution in [0, 0.1) is 0 Å². The molecule has 3 heterocycles. The second kappa shape index (κ2) is 9.14. The standard InChI is InChI=1S/C22H24N6O/c29-21(27-13-15-28(16-14-27)22-24-10-4-11-25-22)20-8-7-19(17-26-20)23-12-9-18-5-2-1-3-6-18/h1-8,10-11,17,23H,9,12-16H2. The SMILES string of the molecule is O=C(c1ccc(NCCc2ccccc2)cn1)N1CCN(c2ncccn2)CC1. The zero-order valence-corrected chi connectivity index (χ0v) is 16.2. The summed E-state index contributed by atoms with van der Waals surface area (Å²) in [5.41, 5.74) is 2.69. The van der Waals surface area contributed by atoms with Gasteiger partial charge in [0.15, 0.2) is 0 Å². The molecule has 7 nitrogen and oxygen atoms in total. The molecule has 4 rings (SSSR count). The summed E-state index contributed by atoms with van der Waals surface area (Å²) >= 11 is 0. The lowest BCUT2D eigenvalue weighted by Gasteiger charge is -2.34. The number of nitrogens with one attached hydrogen (secondary N) is 1. The number of carbonyl (C=O) groups is 1. The van der Waals surface area contributed by atoms with Crippen LogP contribution < -0.4 is 10.2 Å². The van der Waals surface area contributed by atoms with Crippen LogP contribution >= 0.6 is 0 Å². The molecule has 1 N–H and O–H groups in total. The van der Waals surface area contributed by atoms with Crippen molar-refractivity contribution in [3.8, 4) is 0 Å². The molecule has 7 heteroatoms. The molecular formula is C22H24N6O. The van der Waals surface area contributed by atoms with Gasteiger partial charge in [-0.05, 0) is 30.2 Å². The van der Waals surface area contributed by atoms with Crippen molar-refractivity contribution in [3.05, 3.63) is 78.4 Å². The summed E-state index contributed by atoms with van der Waals surface area (Å²) in [5, 5.41) is 3.35. The molecule has 0 atom stereocenters. The van der Waals surface area contributed by atoms with Gasteiger partial charge >= 0.3 is 0 Å². The zero-order chi connectivity index (χ0) is 19.9. The molecule has 3 aromatic rings. The average Bonchev–Trinajstić information content (AvgIpc) is 2.80. The van der Waals surface area contributed by atoms with Gasteiger partial charge in [-0.25, -0.2) is 15.0 Å². The number of nitrogens with zero attached hydrogens (tertiary/aromatic N) is 5. The number of pyridine rings is 1. The largest absolute Gasteiger partial charge is 0.383 e. The van der Waals surface area contributed by atoms with E-state index in [1.807, 2.05) is 29.2 Å². The third kappa shape index (κ3) is 4.87. The number of aromatic nitrogens is 3. The highest BCUT2D eigenvalue weighted by Gasteiger charge is 2.24. The summed E-state index contributed by atoms with van der Waals surface area (Å²) < 4.78 is 0. The molecule has 1 aliphatic heterocycles. The van der Waals surface area contributed by atoms with Crippen molar-refractivity contribution < 1.29 is 4.79 Å². The second-order valence-electron chi connectivity index (χ2n) is 6.92. The summed E-state index contributed by atoms with van der Waals surface area (Å²) in [7, 11) is 0. The minimum absolute atomic E-state index is 0.0329. The van der Waals surface area contributed by atoms with Gasteiger partial charge in [-0.15, -0.1) is 0 Å². The molecule has 0 saturated carbocycles. The van der Waals surface area contributed by atoms with Gasteiger partial charge in [0, 0.05) is 45.1 Å². The predicted molar refractivity (Wildman–Crippen MR) is 113 cm³/mol. The van der Waals surface area contributed by atoms with Gasteiger partial charge in [-0.2, -0.15) is 0 Å².